The SMILES string of the molecule is O=[13CH][13c]1[13cH][13cH][13c]([13CH2]OS(=O)(=O)O)o1. The lowest BCUT2D eigenvalue weighted by Crippen LogP contribution is -2.02. The number of aldehydes is 1. The van der Waals surface area contributed by atoms with Gasteiger partial charge in [-0.3, -0.25) is 9.35 Å². The Hall–Kier alpha value is -1.18. The van der Waals surface area contributed by atoms with Crippen LogP contribution in [-0.2, 0) is 21.2 Å². The lowest BCUT2D eigenvalue weighted by molar-refractivity contribution is 0.109. The monoisotopic (exact) mass is 212 g/mol. The van der Waals surface area contributed by atoms with E-state index in [4.69, 9.17) is 8.97 Å². The Bertz CT molecular complexity index is 389. The van der Waals surface area contributed by atoms with E-state index in [2.05, 4.69) is 4.18 Å². The molecule has 6 nitrogen and oxygen atoms in total. The Labute approximate surface area is 74.1 Å². The second-order valence-electron chi connectivity index (χ2n) is 2.11. The molecule has 0 spiro atoms. The molecule has 0 fully saturated rings. The molecule has 0 aliphatic heterocycles. The molecule has 0 saturated heterocycles. The average molecular weight is 212 g/mol. The van der Waals surface area contributed by atoms with Crippen molar-refractivity contribution in [2.45, 2.75) is 6.61 Å². The molecule has 13 heavy (non-hydrogen) atoms. The zero-order valence-electron chi connectivity index (χ0n) is 6.34. The summed E-state index contributed by atoms with van der Waals surface area (Å²) in [5.74, 6) is 0.202. The van der Waals surface area contributed by atoms with Gasteiger partial charge in [0.2, 0.25) is 0 Å². The Kier molecular flexibility index (Phi) is 2.81. The predicted molar refractivity (Wildman–Crippen MR) is 40.4 cm³/mol. The van der Waals surface area contributed by atoms with Gasteiger partial charge >= 0.3 is 10.4 Å². The van der Waals surface area contributed by atoms with Gasteiger partial charge in [0.25, 0.3) is 0 Å². The molecule has 0 radical (unpaired) electrons. The van der Waals surface area contributed by atoms with Crippen LogP contribution in [0.4, 0.5) is 0 Å². The second-order valence-corrected chi connectivity index (χ2v) is 3.20. The normalized spacial score (nSPS) is 11.5. The van der Waals surface area contributed by atoms with Gasteiger partial charge in [-0.2, -0.15) is 8.42 Å². The van der Waals surface area contributed by atoms with Gasteiger partial charge < -0.3 is 4.42 Å². The molecule has 0 aliphatic carbocycles. The van der Waals surface area contributed by atoms with Gasteiger partial charge in [0.1, 0.15) is 12.4 Å². The van der Waals surface area contributed by atoms with Crippen molar-refractivity contribution < 1.29 is 26.4 Å². The van der Waals surface area contributed by atoms with Crippen molar-refractivity contribution >= 4 is 16.7 Å². The number of carbonyl (C=O) groups is 1. The molecule has 0 bridgehead atoms. The maximum absolute atomic E-state index is 10.1. The largest absolute Gasteiger partial charge is 0.456 e. The van der Waals surface area contributed by atoms with E-state index in [1.54, 1.807) is 0 Å². The van der Waals surface area contributed by atoms with Gasteiger partial charge in [0, 0.05) is 0 Å². The summed E-state index contributed by atoms with van der Waals surface area (Å²) in [6.07, 6.45) is 0.469. The predicted octanol–water partition coefficient (Wildman–Crippen LogP) is 0.412. The van der Waals surface area contributed by atoms with E-state index >= 15 is 0 Å². The van der Waals surface area contributed by atoms with Crippen LogP contribution in [0.3, 0.4) is 0 Å². The first-order valence-corrected chi connectivity index (χ1v) is 4.53. The Morgan fingerprint density at radius 1 is 1.54 bits per heavy atom. The highest BCUT2D eigenvalue weighted by Gasteiger charge is 2.07. The summed E-state index contributed by atoms with van der Waals surface area (Å²) in [7, 11) is -4.47. The fraction of sp³-hybridized carbons (Fsp3) is 0.167. The highest BCUT2D eigenvalue weighted by molar-refractivity contribution is 7.80. The van der Waals surface area contributed by atoms with E-state index in [9.17, 15) is 13.2 Å². The van der Waals surface area contributed by atoms with E-state index in [0.29, 0.717) is 6.29 Å². The molecule has 1 heterocycles. The minimum atomic E-state index is -4.47. The number of hydrogen-bond donors (Lipinski definition) is 1. The lowest BCUT2D eigenvalue weighted by atomic mass is 11.4. The van der Waals surface area contributed by atoms with Crippen molar-refractivity contribution in [2.75, 3.05) is 0 Å². The standard InChI is InChI=1S/C6H6O6S/c7-3-5-1-2-6(12-5)4-11-13(8,9)10/h1-3H,4H2,(H,8,9,10)/i1+1,2+1,3+1,4+1,5+1,6+1. The molecular weight excluding hydrogens is 206 g/mol. The van der Waals surface area contributed by atoms with Crippen LogP contribution in [0, 0.1) is 0 Å². The van der Waals surface area contributed by atoms with Gasteiger partial charge in [-0.15, -0.1) is 0 Å². The summed E-state index contributed by atoms with van der Waals surface area (Å²) < 4.78 is 37.1. The third kappa shape index (κ3) is 3.36. The van der Waals surface area contributed by atoms with Crippen molar-refractivity contribution in [3.05, 3.63) is 23.7 Å². The second kappa shape index (κ2) is 3.69. The number of carbonyl (C=O) groups excluding carboxylic acids is 1. The minimum Gasteiger partial charge on any atom is -0.456 e. The van der Waals surface area contributed by atoms with E-state index in [0.717, 1.165) is 0 Å². The zero-order valence-corrected chi connectivity index (χ0v) is 7.15. The van der Waals surface area contributed by atoms with Crippen LogP contribution in [0.1, 0.15) is 16.3 Å². The summed E-state index contributed by atoms with van der Waals surface area (Å²) in [4.78, 5) is 10.1. The van der Waals surface area contributed by atoms with Crippen LogP contribution >= 0.6 is 0 Å². The molecular formula is C6H6O6S. The number of rotatable bonds is 4. The first kappa shape index (κ1) is 9.90. The summed E-state index contributed by atoms with van der Waals surface area (Å²) in [6.45, 7) is -0.438. The molecule has 0 amide bonds. The van der Waals surface area contributed by atoms with Crippen molar-refractivity contribution in [3.8, 4) is 0 Å². The molecule has 1 N–H and O–H groups in total. The van der Waals surface area contributed by atoms with Crippen LogP contribution in [0.5, 0.6) is 0 Å². The lowest BCUT2D eigenvalue weighted by Gasteiger charge is -1.94. The summed E-state index contributed by atoms with van der Waals surface area (Å²) in [6, 6.07) is 2.73. The topological polar surface area (TPSA) is 93.8 Å². The molecule has 0 aliphatic rings. The molecule has 1 aromatic rings. The number of hydrogen-bond acceptors (Lipinski definition) is 5. The van der Waals surface area contributed by atoms with Crippen LogP contribution in [-0.4, -0.2) is 19.3 Å². The van der Waals surface area contributed by atoms with Gasteiger partial charge in [0.15, 0.2) is 12.0 Å². The smallest absolute Gasteiger partial charge is 0.397 e. The summed E-state index contributed by atoms with van der Waals surface area (Å²) in [5.41, 5.74) is 0. The third-order valence-electron chi connectivity index (χ3n) is 1.15. The maximum atomic E-state index is 10.1. The molecule has 0 aromatic carbocycles. The van der Waals surface area contributed by atoms with Crippen LogP contribution in [0.25, 0.3) is 0 Å². The molecule has 0 atom stereocenters. The van der Waals surface area contributed by atoms with Gasteiger partial charge in [0.05, 0.1) is 0 Å². The number of furan rings is 1. The molecule has 1 aromatic heterocycles. The highest BCUT2D eigenvalue weighted by atomic mass is 32.3. The van der Waals surface area contributed by atoms with Crippen molar-refractivity contribution in [3.63, 3.8) is 0 Å². The molecule has 0 unspecified atom stereocenters. The summed E-state index contributed by atoms with van der Waals surface area (Å²) >= 11 is 0. The van der Waals surface area contributed by atoms with Gasteiger partial charge in [-0.1, -0.05) is 0 Å². The van der Waals surface area contributed by atoms with E-state index in [-0.39, 0.29) is 11.5 Å². The molecule has 1 rings (SSSR count). The van der Waals surface area contributed by atoms with Crippen molar-refractivity contribution in [2.24, 2.45) is 0 Å². The first-order valence-electron chi connectivity index (χ1n) is 3.17. The quantitative estimate of drug-likeness (QED) is 0.441. The van der Waals surface area contributed by atoms with Crippen molar-refractivity contribution in [1.82, 2.24) is 0 Å². The van der Waals surface area contributed by atoms with Gasteiger partial charge in [-0.05, 0) is 12.1 Å². The van der Waals surface area contributed by atoms with Crippen LogP contribution < -0.4 is 0 Å². The fourth-order valence-electron chi connectivity index (χ4n) is 0.668. The van der Waals surface area contributed by atoms with E-state index < -0.39 is 17.0 Å². The van der Waals surface area contributed by atoms with Crippen molar-refractivity contribution in [1.29, 1.82) is 0 Å². The Morgan fingerprint density at radius 3 is 2.69 bits per heavy atom. The fourth-order valence-corrected chi connectivity index (χ4v) is 0.933. The van der Waals surface area contributed by atoms with Gasteiger partial charge in [-0.25, -0.2) is 4.18 Å². The van der Waals surface area contributed by atoms with Crippen LogP contribution in [0.2, 0.25) is 0 Å². The average Bonchev–Trinajstić information content (AvgIpc) is 2.47. The van der Waals surface area contributed by atoms with E-state index in [1.165, 1.54) is 12.1 Å². The minimum absolute atomic E-state index is 0.0638. The molecule has 7 heteroatoms. The van der Waals surface area contributed by atoms with Crippen LogP contribution in [0.15, 0.2) is 16.5 Å². The third-order valence-corrected chi connectivity index (χ3v) is 1.56. The first-order chi connectivity index (χ1) is 6.01. The molecule has 0 saturated carbocycles. The highest BCUT2D eigenvalue weighted by Crippen LogP contribution is 2.07. The van der Waals surface area contributed by atoms with E-state index in [1.807, 2.05) is 0 Å². The maximum Gasteiger partial charge on any atom is 0.397 e. The molecule has 72 valence electrons. The Morgan fingerprint density at radius 2 is 2.23 bits per heavy atom. The Balaban J connectivity index is 2.60. The zero-order chi connectivity index (χ0) is 9.90. The summed E-state index contributed by atoms with van der Waals surface area (Å²) in [5, 5.41) is 0.